The Morgan fingerprint density at radius 2 is 1.78 bits per heavy atom. The number of benzene rings is 2. The first kappa shape index (κ1) is 16.9. The molecule has 122 valence electrons. The Kier molecular flexibility index (Phi) is 6.48. The topological polar surface area (TPSA) is 41.6 Å². The van der Waals surface area contributed by atoms with Gasteiger partial charge in [0.05, 0.1) is 18.8 Å². The number of anilines is 2. The fraction of sp³-hybridized carbons (Fsp3) is 0.316. The van der Waals surface area contributed by atoms with Gasteiger partial charge in [0.15, 0.2) is 0 Å². The third kappa shape index (κ3) is 5.02. The quantitative estimate of drug-likeness (QED) is 0.751. The first-order valence-electron chi connectivity index (χ1n) is 7.99. The van der Waals surface area contributed by atoms with E-state index in [0.717, 1.165) is 30.0 Å². The number of likely N-dealkylation sites (N-methyl/N-ethyl adjacent to an activating group) is 1. The van der Waals surface area contributed by atoms with Crippen LogP contribution in [0.25, 0.3) is 0 Å². The molecular formula is C19H24N2O2. The normalized spacial score (nSPS) is 10.2. The molecular weight excluding hydrogens is 288 g/mol. The summed E-state index contributed by atoms with van der Waals surface area (Å²) in [7, 11) is 1.78. The van der Waals surface area contributed by atoms with Crippen molar-refractivity contribution in [1.82, 2.24) is 0 Å². The number of nitrogens with one attached hydrogen (secondary N) is 1. The van der Waals surface area contributed by atoms with Gasteiger partial charge in [0, 0.05) is 12.7 Å². The Morgan fingerprint density at radius 1 is 1.09 bits per heavy atom. The van der Waals surface area contributed by atoms with Crippen LogP contribution in [0, 0.1) is 0 Å². The Labute approximate surface area is 138 Å². The van der Waals surface area contributed by atoms with Crippen LogP contribution in [0.2, 0.25) is 0 Å². The summed E-state index contributed by atoms with van der Waals surface area (Å²) in [6, 6.07) is 17.3. The van der Waals surface area contributed by atoms with E-state index in [2.05, 4.69) is 12.2 Å². The Morgan fingerprint density at radius 3 is 2.52 bits per heavy atom. The predicted molar refractivity (Wildman–Crippen MR) is 95.2 cm³/mol. The maximum Gasteiger partial charge on any atom is 0.246 e. The van der Waals surface area contributed by atoms with E-state index in [1.165, 1.54) is 0 Å². The number of nitrogens with zero attached hydrogens (tertiary/aromatic N) is 1. The summed E-state index contributed by atoms with van der Waals surface area (Å²) in [5.41, 5.74) is 1.73. The molecule has 2 aromatic carbocycles. The van der Waals surface area contributed by atoms with Gasteiger partial charge < -0.3 is 15.0 Å². The molecule has 0 saturated heterocycles. The second kappa shape index (κ2) is 8.83. The van der Waals surface area contributed by atoms with E-state index in [1.807, 2.05) is 54.6 Å². The molecule has 0 atom stereocenters. The number of carbonyl (C=O) groups is 1. The van der Waals surface area contributed by atoms with Crippen molar-refractivity contribution in [3.63, 3.8) is 0 Å². The molecule has 1 amide bonds. The molecule has 0 saturated carbocycles. The number of amides is 1. The van der Waals surface area contributed by atoms with Crippen molar-refractivity contribution in [1.29, 1.82) is 0 Å². The maximum absolute atomic E-state index is 12.3. The molecule has 1 N–H and O–H groups in total. The minimum absolute atomic E-state index is 0.000406. The summed E-state index contributed by atoms with van der Waals surface area (Å²) in [5.74, 6) is 0.788. The van der Waals surface area contributed by atoms with Gasteiger partial charge in [-0.15, -0.1) is 0 Å². The van der Waals surface area contributed by atoms with Crippen LogP contribution < -0.4 is 15.0 Å². The molecule has 0 aliphatic heterocycles. The van der Waals surface area contributed by atoms with Crippen LogP contribution in [0.4, 0.5) is 11.4 Å². The van der Waals surface area contributed by atoms with Crippen molar-refractivity contribution in [3.8, 4) is 5.75 Å². The third-order valence-corrected chi connectivity index (χ3v) is 3.59. The highest BCUT2D eigenvalue weighted by atomic mass is 16.5. The Balaban J connectivity index is 1.94. The van der Waals surface area contributed by atoms with Crippen LogP contribution >= 0.6 is 0 Å². The number of carbonyl (C=O) groups excluding carboxylic acids is 1. The molecule has 0 bridgehead atoms. The van der Waals surface area contributed by atoms with E-state index >= 15 is 0 Å². The average Bonchev–Trinajstić information content (AvgIpc) is 2.61. The Hall–Kier alpha value is -2.49. The lowest BCUT2D eigenvalue weighted by Gasteiger charge is -2.19. The van der Waals surface area contributed by atoms with Crippen molar-refractivity contribution in [2.24, 2.45) is 0 Å². The SMILES string of the molecule is CCCCOc1ccccc1NCC(=O)N(C)c1ccccc1. The molecule has 0 aliphatic carbocycles. The highest BCUT2D eigenvalue weighted by Crippen LogP contribution is 2.24. The van der Waals surface area contributed by atoms with Crippen molar-refractivity contribution in [2.75, 3.05) is 30.4 Å². The van der Waals surface area contributed by atoms with Crippen molar-refractivity contribution in [3.05, 3.63) is 54.6 Å². The minimum atomic E-state index is -0.000406. The number of unbranched alkanes of at least 4 members (excludes halogenated alkanes) is 1. The monoisotopic (exact) mass is 312 g/mol. The maximum atomic E-state index is 12.3. The number of rotatable bonds is 8. The Bertz CT molecular complexity index is 614. The molecule has 4 nitrogen and oxygen atoms in total. The van der Waals surface area contributed by atoms with Crippen LogP contribution in [0.15, 0.2) is 54.6 Å². The summed E-state index contributed by atoms with van der Waals surface area (Å²) >= 11 is 0. The minimum Gasteiger partial charge on any atom is -0.491 e. The van der Waals surface area contributed by atoms with Gasteiger partial charge in [-0.2, -0.15) is 0 Å². The van der Waals surface area contributed by atoms with E-state index in [9.17, 15) is 4.79 Å². The second-order valence-electron chi connectivity index (χ2n) is 5.34. The first-order valence-corrected chi connectivity index (χ1v) is 7.99. The van der Waals surface area contributed by atoms with E-state index in [-0.39, 0.29) is 12.5 Å². The second-order valence-corrected chi connectivity index (χ2v) is 5.34. The van der Waals surface area contributed by atoms with Gasteiger partial charge in [0.25, 0.3) is 0 Å². The van der Waals surface area contributed by atoms with Crippen molar-refractivity contribution >= 4 is 17.3 Å². The van der Waals surface area contributed by atoms with Gasteiger partial charge in [-0.05, 0) is 30.7 Å². The van der Waals surface area contributed by atoms with Gasteiger partial charge in [0.2, 0.25) is 5.91 Å². The fourth-order valence-corrected chi connectivity index (χ4v) is 2.15. The smallest absolute Gasteiger partial charge is 0.246 e. The first-order chi connectivity index (χ1) is 11.2. The average molecular weight is 312 g/mol. The zero-order valence-corrected chi connectivity index (χ0v) is 13.8. The van der Waals surface area contributed by atoms with Gasteiger partial charge >= 0.3 is 0 Å². The van der Waals surface area contributed by atoms with E-state index in [4.69, 9.17) is 4.74 Å². The largest absolute Gasteiger partial charge is 0.491 e. The lowest BCUT2D eigenvalue weighted by atomic mass is 10.2. The highest BCUT2D eigenvalue weighted by Gasteiger charge is 2.11. The van der Waals surface area contributed by atoms with E-state index < -0.39 is 0 Å². The lowest BCUT2D eigenvalue weighted by Crippen LogP contribution is -2.32. The fourth-order valence-electron chi connectivity index (χ4n) is 2.15. The predicted octanol–water partition coefficient (Wildman–Crippen LogP) is 3.94. The van der Waals surface area contributed by atoms with Gasteiger partial charge in [0.1, 0.15) is 5.75 Å². The zero-order valence-electron chi connectivity index (χ0n) is 13.8. The molecule has 0 unspecified atom stereocenters. The molecule has 4 heteroatoms. The molecule has 0 fully saturated rings. The summed E-state index contributed by atoms with van der Waals surface area (Å²) in [5, 5.41) is 3.17. The highest BCUT2D eigenvalue weighted by molar-refractivity contribution is 5.95. The standard InChI is InChI=1S/C19H24N2O2/c1-3-4-14-23-18-13-9-8-12-17(18)20-15-19(22)21(2)16-10-6-5-7-11-16/h5-13,20H,3-4,14-15H2,1-2H3. The molecule has 23 heavy (non-hydrogen) atoms. The van der Waals surface area contributed by atoms with Crippen LogP contribution in [-0.2, 0) is 4.79 Å². The number of hydrogen-bond acceptors (Lipinski definition) is 3. The molecule has 2 rings (SSSR count). The number of hydrogen-bond donors (Lipinski definition) is 1. The van der Waals surface area contributed by atoms with E-state index in [1.54, 1.807) is 11.9 Å². The number of para-hydroxylation sites is 3. The summed E-state index contributed by atoms with van der Waals surface area (Å²) in [6.45, 7) is 3.04. The third-order valence-electron chi connectivity index (χ3n) is 3.59. The van der Waals surface area contributed by atoms with Gasteiger partial charge in [-0.25, -0.2) is 0 Å². The van der Waals surface area contributed by atoms with Crippen LogP contribution in [0.1, 0.15) is 19.8 Å². The molecule has 0 heterocycles. The van der Waals surface area contributed by atoms with Crippen molar-refractivity contribution < 1.29 is 9.53 Å². The van der Waals surface area contributed by atoms with Gasteiger partial charge in [-0.3, -0.25) is 4.79 Å². The zero-order chi connectivity index (χ0) is 16.5. The summed E-state index contributed by atoms with van der Waals surface area (Å²) < 4.78 is 5.77. The van der Waals surface area contributed by atoms with E-state index in [0.29, 0.717) is 6.61 Å². The van der Waals surface area contributed by atoms with Crippen LogP contribution in [-0.4, -0.2) is 26.1 Å². The summed E-state index contributed by atoms with van der Waals surface area (Å²) in [6.07, 6.45) is 2.11. The molecule has 0 radical (unpaired) electrons. The summed E-state index contributed by atoms with van der Waals surface area (Å²) in [4.78, 5) is 14.0. The van der Waals surface area contributed by atoms with Gasteiger partial charge in [-0.1, -0.05) is 43.7 Å². The molecule has 0 aliphatic rings. The molecule has 2 aromatic rings. The lowest BCUT2D eigenvalue weighted by molar-refractivity contribution is -0.116. The van der Waals surface area contributed by atoms with Crippen molar-refractivity contribution in [2.45, 2.75) is 19.8 Å². The van der Waals surface area contributed by atoms with Crippen LogP contribution in [0.5, 0.6) is 5.75 Å². The molecule has 0 spiro atoms. The number of ether oxygens (including phenoxy) is 1. The van der Waals surface area contributed by atoms with Crippen LogP contribution in [0.3, 0.4) is 0 Å². The molecule has 0 aromatic heterocycles.